The highest BCUT2D eigenvalue weighted by molar-refractivity contribution is 5.80. The van der Waals surface area contributed by atoms with Crippen molar-refractivity contribution in [3.05, 3.63) is 35.4 Å². The van der Waals surface area contributed by atoms with Crippen molar-refractivity contribution in [2.24, 2.45) is 10.7 Å². The van der Waals surface area contributed by atoms with Gasteiger partial charge in [0.25, 0.3) is 0 Å². The van der Waals surface area contributed by atoms with Gasteiger partial charge in [0.1, 0.15) is 0 Å². The van der Waals surface area contributed by atoms with E-state index in [1.165, 1.54) is 11.1 Å². The van der Waals surface area contributed by atoms with Gasteiger partial charge in [-0.15, -0.1) is 0 Å². The molecule has 80 valence electrons. The molecule has 1 heterocycles. The molecule has 0 bridgehead atoms. The highest BCUT2D eigenvalue weighted by Crippen LogP contribution is 2.18. The molecule has 1 aliphatic heterocycles. The minimum atomic E-state index is 0.210. The Morgan fingerprint density at radius 1 is 1.60 bits per heavy atom. The molecule has 4 heteroatoms. The Balaban J connectivity index is 2.11. The molecule has 3 N–H and O–H groups in total. The van der Waals surface area contributed by atoms with E-state index in [4.69, 9.17) is 10.5 Å². The van der Waals surface area contributed by atoms with Gasteiger partial charge in [0.15, 0.2) is 5.96 Å². The number of nitrogens with two attached hydrogens (primary N) is 1. The topological polar surface area (TPSA) is 59.6 Å². The first-order valence-corrected chi connectivity index (χ1v) is 4.94. The number of benzene rings is 1. The summed E-state index contributed by atoms with van der Waals surface area (Å²) >= 11 is 0. The second kappa shape index (κ2) is 4.31. The zero-order chi connectivity index (χ0) is 10.7. The highest BCUT2D eigenvalue weighted by Gasteiger charge is 2.16. The molecule has 1 aromatic rings. The van der Waals surface area contributed by atoms with Crippen LogP contribution < -0.4 is 11.1 Å². The van der Waals surface area contributed by atoms with Crippen molar-refractivity contribution in [3.8, 4) is 0 Å². The van der Waals surface area contributed by atoms with Gasteiger partial charge in [-0.25, -0.2) is 0 Å². The summed E-state index contributed by atoms with van der Waals surface area (Å²) in [5, 5.41) is 3.13. The number of hydrogen-bond acceptors (Lipinski definition) is 4. The van der Waals surface area contributed by atoms with E-state index in [0.717, 1.165) is 0 Å². The van der Waals surface area contributed by atoms with Crippen LogP contribution in [0.4, 0.5) is 0 Å². The number of ether oxygens (including phenoxy) is 1. The largest absolute Gasteiger partial charge is 0.380 e. The molecule has 0 aliphatic carbocycles. The van der Waals surface area contributed by atoms with E-state index in [-0.39, 0.29) is 6.04 Å². The van der Waals surface area contributed by atoms with Crippen molar-refractivity contribution in [3.63, 3.8) is 0 Å². The second-order valence-electron chi connectivity index (χ2n) is 3.60. The fraction of sp³-hybridized carbons (Fsp3) is 0.364. The first-order valence-electron chi connectivity index (χ1n) is 4.94. The maximum absolute atomic E-state index is 5.57. The third kappa shape index (κ3) is 2.27. The van der Waals surface area contributed by atoms with Crippen LogP contribution in [0.25, 0.3) is 0 Å². The Morgan fingerprint density at radius 3 is 3.13 bits per heavy atom. The molecule has 0 saturated carbocycles. The number of hydrogen-bond donors (Lipinski definition) is 2. The Hall–Kier alpha value is -1.55. The average Bonchev–Trinajstić information content (AvgIpc) is 2.66. The molecular formula is C11H15N3O. The first-order chi connectivity index (χ1) is 7.29. The Bertz CT molecular complexity index is 376. The van der Waals surface area contributed by atoms with Crippen LogP contribution in [0.15, 0.2) is 29.3 Å². The molecule has 0 spiro atoms. The summed E-state index contributed by atoms with van der Waals surface area (Å²) < 4.78 is 5.09. The van der Waals surface area contributed by atoms with Crippen LogP contribution in [0.1, 0.15) is 17.2 Å². The number of nitrogens with zero attached hydrogens (tertiary/aromatic N) is 1. The third-order valence-corrected chi connectivity index (χ3v) is 2.43. The minimum Gasteiger partial charge on any atom is -0.380 e. The standard InChI is InChI=1S/C11H15N3O/c1-15-7-8-3-2-4-9(5-8)10-6-13-11(12)14-10/h2-5,10H,6-7H2,1H3,(H3,12,13,14). The molecular weight excluding hydrogens is 190 g/mol. The predicted octanol–water partition coefficient (Wildman–Crippen LogP) is 0.792. The number of methoxy groups -OCH3 is 1. The van der Waals surface area contributed by atoms with Gasteiger partial charge in [-0.05, 0) is 11.1 Å². The first kappa shape index (κ1) is 9.98. The molecule has 15 heavy (non-hydrogen) atoms. The van der Waals surface area contributed by atoms with Crippen LogP contribution in [0.5, 0.6) is 0 Å². The molecule has 1 aliphatic rings. The van der Waals surface area contributed by atoms with Crippen molar-refractivity contribution in [1.82, 2.24) is 5.32 Å². The van der Waals surface area contributed by atoms with E-state index in [9.17, 15) is 0 Å². The lowest BCUT2D eigenvalue weighted by Crippen LogP contribution is -2.29. The number of rotatable bonds is 3. The van der Waals surface area contributed by atoms with Crippen LogP contribution in [0.3, 0.4) is 0 Å². The van der Waals surface area contributed by atoms with E-state index in [2.05, 4.69) is 22.4 Å². The lowest BCUT2D eigenvalue weighted by Gasteiger charge is -2.12. The molecule has 1 atom stereocenters. The molecule has 0 saturated heterocycles. The van der Waals surface area contributed by atoms with Gasteiger partial charge in [-0.2, -0.15) is 0 Å². The lowest BCUT2D eigenvalue weighted by molar-refractivity contribution is 0.185. The van der Waals surface area contributed by atoms with Gasteiger partial charge >= 0.3 is 0 Å². The highest BCUT2D eigenvalue weighted by atomic mass is 16.5. The van der Waals surface area contributed by atoms with Crippen LogP contribution in [0.2, 0.25) is 0 Å². The van der Waals surface area contributed by atoms with Crippen LogP contribution in [0, 0.1) is 0 Å². The summed E-state index contributed by atoms with van der Waals surface area (Å²) in [5.74, 6) is 0.525. The summed E-state index contributed by atoms with van der Waals surface area (Å²) in [5.41, 5.74) is 7.94. The second-order valence-corrected chi connectivity index (χ2v) is 3.60. The zero-order valence-electron chi connectivity index (χ0n) is 8.73. The summed E-state index contributed by atoms with van der Waals surface area (Å²) in [7, 11) is 1.70. The molecule has 1 aromatic carbocycles. The molecule has 1 unspecified atom stereocenters. The monoisotopic (exact) mass is 205 g/mol. The minimum absolute atomic E-state index is 0.210. The fourth-order valence-corrected chi connectivity index (χ4v) is 1.71. The third-order valence-electron chi connectivity index (χ3n) is 2.43. The predicted molar refractivity (Wildman–Crippen MR) is 59.5 cm³/mol. The van der Waals surface area contributed by atoms with Crippen molar-refractivity contribution in [2.75, 3.05) is 13.7 Å². The maximum atomic E-state index is 5.57. The normalized spacial score (nSPS) is 19.8. The van der Waals surface area contributed by atoms with Gasteiger partial charge in [0.2, 0.25) is 0 Å². The van der Waals surface area contributed by atoms with E-state index in [1.807, 2.05) is 12.1 Å². The van der Waals surface area contributed by atoms with Crippen LogP contribution in [-0.4, -0.2) is 19.6 Å². The molecule has 2 rings (SSSR count). The van der Waals surface area contributed by atoms with Gasteiger partial charge in [0.05, 0.1) is 19.2 Å². The van der Waals surface area contributed by atoms with Crippen LogP contribution in [-0.2, 0) is 11.3 Å². The van der Waals surface area contributed by atoms with Gasteiger partial charge in [0, 0.05) is 7.11 Å². The van der Waals surface area contributed by atoms with Gasteiger partial charge in [-0.1, -0.05) is 24.3 Å². The van der Waals surface area contributed by atoms with Crippen molar-refractivity contribution < 1.29 is 4.74 Å². The van der Waals surface area contributed by atoms with Crippen molar-refractivity contribution >= 4 is 5.96 Å². The smallest absolute Gasteiger partial charge is 0.189 e. The Labute approximate surface area is 89.1 Å². The van der Waals surface area contributed by atoms with Crippen molar-refractivity contribution in [1.29, 1.82) is 0 Å². The molecule has 0 radical (unpaired) electrons. The molecule has 4 nitrogen and oxygen atoms in total. The maximum Gasteiger partial charge on any atom is 0.189 e. The molecule has 0 fully saturated rings. The van der Waals surface area contributed by atoms with Gasteiger partial charge in [-0.3, -0.25) is 4.99 Å². The van der Waals surface area contributed by atoms with Crippen LogP contribution >= 0.6 is 0 Å². The zero-order valence-corrected chi connectivity index (χ0v) is 8.73. The lowest BCUT2D eigenvalue weighted by atomic mass is 10.0. The van der Waals surface area contributed by atoms with E-state index < -0.39 is 0 Å². The summed E-state index contributed by atoms with van der Waals surface area (Å²) in [6.45, 7) is 1.35. The number of aliphatic imine (C=N–C) groups is 1. The average molecular weight is 205 g/mol. The van der Waals surface area contributed by atoms with Gasteiger partial charge < -0.3 is 15.8 Å². The summed E-state index contributed by atoms with van der Waals surface area (Å²) in [6, 6.07) is 8.48. The fourth-order valence-electron chi connectivity index (χ4n) is 1.71. The van der Waals surface area contributed by atoms with E-state index >= 15 is 0 Å². The van der Waals surface area contributed by atoms with Crippen molar-refractivity contribution in [2.45, 2.75) is 12.6 Å². The summed E-state index contributed by atoms with van der Waals surface area (Å²) in [6.07, 6.45) is 0. The Morgan fingerprint density at radius 2 is 2.47 bits per heavy atom. The molecule has 0 amide bonds. The Kier molecular flexibility index (Phi) is 2.87. The number of nitrogens with one attached hydrogen (secondary N) is 1. The SMILES string of the molecule is COCc1cccc(C2CN=C(N)N2)c1. The quantitative estimate of drug-likeness (QED) is 0.767. The van der Waals surface area contributed by atoms with E-state index in [1.54, 1.807) is 7.11 Å². The number of guanidine groups is 1. The summed E-state index contributed by atoms with van der Waals surface area (Å²) in [4.78, 5) is 4.12. The molecule has 0 aromatic heterocycles. The van der Waals surface area contributed by atoms with E-state index in [0.29, 0.717) is 19.1 Å².